The van der Waals surface area contributed by atoms with E-state index in [0.29, 0.717) is 12.2 Å². The number of para-hydroxylation sites is 1. The second-order valence-electron chi connectivity index (χ2n) is 5.63. The summed E-state index contributed by atoms with van der Waals surface area (Å²) < 4.78 is 18.9. The number of carbonyl (C=O) groups excluding carboxylic acids is 1. The monoisotopic (exact) mass is 371 g/mol. The number of hydrogen-bond donors (Lipinski definition) is 0. The lowest BCUT2D eigenvalue weighted by atomic mass is 10.3. The van der Waals surface area contributed by atoms with Gasteiger partial charge in [0.2, 0.25) is 5.91 Å². The standard InChI is InChI=1S/C19H18FN3O2S/c1-23(10-11-25-17-8-3-2-6-15(17)20)18(24)12-14-13-26-19(22-14)16-7-4-5-9-21-16/h2-9,13H,10-12H2,1H3. The maximum Gasteiger partial charge on any atom is 0.228 e. The van der Waals surface area contributed by atoms with Gasteiger partial charge in [-0.05, 0) is 24.3 Å². The van der Waals surface area contributed by atoms with Gasteiger partial charge in [0, 0.05) is 18.6 Å². The first-order valence-corrected chi connectivity index (χ1v) is 8.98. The van der Waals surface area contributed by atoms with Crippen LogP contribution in [0, 0.1) is 5.82 Å². The minimum atomic E-state index is -0.411. The lowest BCUT2D eigenvalue weighted by molar-refractivity contribution is -0.129. The Labute approximate surface area is 155 Å². The number of pyridine rings is 1. The van der Waals surface area contributed by atoms with Crippen LogP contribution in [0.4, 0.5) is 4.39 Å². The van der Waals surface area contributed by atoms with Crippen molar-refractivity contribution in [1.82, 2.24) is 14.9 Å². The van der Waals surface area contributed by atoms with Crippen LogP contribution in [-0.4, -0.2) is 41.0 Å². The zero-order chi connectivity index (χ0) is 18.4. The molecule has 1 aromatic carbocycles. The van der Waals surface area contributed by atoms with Gasteiger partial charge in [-0.15, -0.1) is 11.3 Å². The Morgan fingerprint density at radius 1 is 1.23 bits per heavy atom. The Kier molecular flexibility index (Phi) is 5.91. The van der Waals surface area contributed by atoms with E-state index in [1.54, 1.807) is 36.3 Å². The first kappa shape index (κ1) is 18.0. The van der Waals surface area contributed by atoms with Gasteiger partial charge in [-0.2, -0.15) is 0 Å². The second-order valence-corrected chi connectivity index (χ2v) is 6.49. The summed E-state index contributed by atoms with van der Waals surface area (Å²) in [5.41, 5.74) is 1.50. The van der Waals surface area contributed by atoms with E-state index in [4.69, 9.17) is 4.74 Å². The van der Waals surface area contributed by atoms with Gasteiger partial charge in [-0.25, -0.2) is 9.37 Å². The molecule has 0 fully saturated rings. The summed E-state index contributed by atoms with van der Waals surface area (Å²) in [5, 5.41) is 2.66. The molecule has 0 spiro atoms. The van der Waals surface area contributed by atoms with Crippen LogP contribution >= 0.6 is 11.3 Å². The first-order chi connectivity index (χ1) is 12.6. The molecule has 0 radical (unpaired) electrons. The van der Waals surface area contributed by atoms with E-state index in [1.807, 2.05) is 23.6 Å². The van der Waals surface area contributed by atoms with Gasteiger partial charge in [0.1, 0.15) is 11.6 Å². The number of carbonyl (C=O) groups is 1. The summed E-state index contributed by atoms with van der Waals surface area (Å²) in [5.74, 6) is -0.293. The Balaban J connectivity index is 1.50. The molecule has 0 saturated carbocycles. The third-order valence-corrected chi connectivity index (χ3v) is 4.63. The number of amides is 1. The fourth-order valence-electron chi connectivity index (χ4n) is 2.26. The predicted molar refractivity (Wildman–Crippen MR) is 98.6 cm³/mol. The molecule has 0 N–H and O–H groups in total. The summed E-state index contributed by atoms with van der Waals surface area (Å²) >= 11 is 1.46. The average molecular weight is 371 g/mol. The van der Waals surface area contributed by atoms with Crippen LogP contribution in [0.3, 0.4) is 0 Å². The summed E-state index contributed by atoms with van der Waals surface area (Å²) in [6.45, 7) is 0.587. The molecule has 0 bridgehead atoms. The van der Waals surface area contributed by atoms with Crippen LogP contribution < -0.4 is 4.74 Å². The molecule has 0 atom stereocenters. The average Bonchev–Trinajstić information content (AvgIpc) is 3.12. The van der Waals surface area contributed by atoms with Crippen LogP contribution in [0.1, 0.15) is 5.69 Å². The number of thiazole rings is 1. The van der Waals surface area contributed by atoms with Gasteiger partial charge in [0.05, 0.1) is 24.4 Å². The number of benzene rings is 1. The van der Waals surface area contributed by atoms with E-state index in [9.17, 15) is 9.18 Å². The zero-order valence-electron chi connectivity index (χ0n) is 14.3. The Hall–Kier alpha value is -2.80. The third-order valence-electron chi connectivity index (χ3n) is 3.71. The predicted octanol–water partition coefficient (Wildman–Crippen LogP) is 3.42. The highest BCUT2D eigenvalue weighted by Crippen LogP contribution is 2.21. The number of rotatable bonds is 7. The molecule has 0 aliphatic heterocycles. The molecule has 0 unspecified atom stereocenters. The third kappa shape index (κ3) is 4.64. The largest absolute Gasteiger partial charge is 0.489 e. The number of aromatic nitrogens is 2. The molecule has 1 amide bonds. The Morgan fingerprint density at radius 2 is 2.04 bits per heavy atom. The molecule has 5 nitrogen and oxygen atoms in total. The van der Waals surface area contributed by atoms with Gasteiger partial charge in [-0.3, -0.25) is 9.78 Å². The van der Waals surface area contributed by atoms with E-state index in [0.717, 1.165) is 10.7 Å². The van der Waals surface area contributed by atoms with Crippen molar-refractivity contribution < 1.29 is 13.9 Å². The fourth-order valence-corrected chi connectivity index (χ4v) is 3.06. The van der Waals surface area contributed by atoms with Crippen molar-refractivity contribution >= 4 is 17.2 Å². The number of ether oxygens (including phenoxy) is 1. The normalized spacial score (nSPS) is 10.5. The molecular weight excluding hydrogens is 353 g/mol. The molecule has 3 aromatic rings. The topological polar surface area (TPSA) is 55.3 Å². The van der Waals surface area contributed by atoms with Gasteiger partial charge in [0.25, 0.3) is 0 Å². The smallest absolute Gasteiger partial charge is 0.228 e. The van der Waals surface area contributed by atoms with Crippen molar-refractivity contribution in [2.24, 2.45) is 0 Å². The Bertz CT molecular complexity index is 870. The maximum atomic E-state index is 13.5. The molecular formula is C19H18FN3O2S. The molecule has 7 heteroatoms. The molecule has 3 rings (SSSR count). The SMILES string of the molecule is CN(CCOc1ccccc1F)C(=O)Cc1csc(-c2ccccn2)n1. The van der Waals surface area contributed by atoms with E-state index in [1.165, 1.54) is 17.4 Å². The highest BCUT2D eigenvalue weighted by molar-refractivity contribution is 7.13. The lowest BCUT2D eigenvalue weighted by Gasteiger charge is -2.17. The molecule has 2 heterocycles. The van der Waals surface area contributed by atoms with Crippen LogP contribution in [0.25, 0.3) is 10.7 Å². The number of likely N-dealkylation sites (N-methyl/N-ethyl adjacent to an activating group) is 1. The van der Waals surface area contributed by atoms with Crippen LogP contribution in [0.15, 0.2) is 54.0 Å². The van der Waals surface area contributed by atoms with Crippen molar-refractivity contribution in [3.63, 3.8) is 0 Å². The van der Waals surface area contributed by atoms with Gasteiger partial charge in [-0.1, -0.05) is 18.2 Å². The minimum Gasteiger partial charge on any atom is -0.489 e. The first-order valence-electron chi connectivity index (χ1n) is 8.10. The van der Waals surface area contributed by atoms with Crippen LogP contribution in [0.5, 0.6) is 5.75 Å². The molecule has 26 heavy (non-hydrogen) atoms. The van der Waals surface area contributed by atoms with Gasteiger partial charge in [0.15, 0.2) is 11.6 Å². The van der Waals surface area contributed by atoms with E-state index in [-0.39, 0.29) is 24.7 Å². The summed E-state index contributed by atoms with van der Waals surface area (Å²) in [4.78, 5) is 22.6. The highest BCUT2D eigenvalue weighted by Gasteiger charge is 2.13. The summed E-state index contributed by atoms with van der Waals surface area (Å²) in [6.07, 6.45) is 1.92. The maximum absolute atomic E-state index is 13.5. The molecule has 0 saturated heterocycles. The molecule has 2 aromatic heterocycles. The summed E-state index contributed by atoms with van der Waals surface area (Å²) in [7, 11) is 1.69. The number of nitrogens with zero attached hydrogens (tertiary/aromatic N) is 3. The van der Waals surface area contributed by atoms with Crippen molar-refractivity contribution in [3.05, 3.63) is 65.6 Å². The highest BCUT2D eigenvalue weighted by atomic mass is 32.1. The zero-order valence-corrected chi connectivity index (χ0v) is 15.1. The molecule has 134 valence electrons. The van der Waals surface area contributed by atoms with Crippen LogP contribution in [0.2, 0.25) is 0 Å². The van der Waals surface area contributed by atoms with Gasteiger partial charge < -0.3 is 9.64 Å². The van der Waals surface area contributed by atoms with E-state index in [2.05, 4.69) is 9.97 Å². The minimum absolute atomic E-state index is 0.0694. The van der Waals surface area contributed by atoms with Crippen molar-refractivity contribution in [1.29, 1.82) is 0 Å². The van der Waals surface area contributed by atoms with Crippen molar-refractivity contribution in [3.8, 4) is 16.5 Å². The van der Waals surface area contributed by atoms with Crippen LogP contribution in [-0.2, 0) is 11.2 Å². The van der Waals surface area contributed by atoms with Gasteiger partial charge >= 0.3 is 0 Å². The summed E-state index contributed by atoms with van der Waals surface area (Å²) in [6, 6.07) is 11.8. The second kappa shape index (κ2) is 8.53. The quantitative estimate of drug-likeness (QED) is 0.639. The fraction of sp³-hybridized carbons (Fsp3) is 0.211. The number of hydrogen-bond acceptors (Lipinski definition) is 5. The number of halogens is 1. The van der Waals surface area contributed by atoms with E-state index < -0.39 is 5.82 Å². The lowest BCUT2D eigenvalue weighted by Crippen LogP contribution is -2.32. The molecule has 0 aliphatic rings. The molecule has 0 aliphatic carbocycles. The van der Waals surface area contributed by atoms with Crippen molar-refractivity contribution in [2.45, 2.75) is 6.42 Å². The van der Waals surface area contributed by atoms with E-state index >= 15 is 0 Å². The van der Waals surface area contributed by atoms with Crippen molar-refractivity contribution in [2.75, 3.05) is 20.2 Å². The Morgan fingerprint density at radius 3 is 2.81 bits per heavy atom.